The molecular formula is C30H47N5O5. The molecule has 3 amide bonds. The molecule has 1 aliphatic heterocycles. The summed E-state index contributed by atoms with van der Waals surface area (Å²) in [6.45, 7) is 14.7. The Bertz CT molecular complexity index is 1080. The zero-order valence-electron chi connectivity index (χ0n) is 25.3. The van der Waals surface area contributed by atoms with Crippen molar-refractivity contribution in [3.05, 3.63) is 51.6 Å². The van der Waals surface area contributed by atoms with Crippen LogP contribution in [0.3, 0.4) is 0 Å². The molecule has 3 atom stereocenters. The summed E-state index contributed by atoms with van der Waals surface area (Å²) >= 11 is 0. The fourth-order valence-corrected chi connectivity index (χ4v) is 5.17. The molecule has 222 valence electrons. The smallest absolute Gasteiger partial charge is 0.269 e. The average Bonchev–Trinajstić information content (AvgIpc) is 2.91. The fourth-order valence-electron chi connectivity index (χ4n) is 5.17. The van der Waals surface area contributed by atoms with Gasteiger partial charge in [-0.1, -0.05) is 52.3 Å². The van der Waals surface area contributed by atoms with Crippen LogP contribution in [0.15, 0.2) is 35.9 Å². The first-order valence-electron chi connectivity index (χ1n) is 14.3. The van der Waals surface area contributed by atoms with Crippen LogP contribution in [0.5, 0.6) is 0 Å². The number of likely N-dealkylation sites (N-methyl/N-ethyl adjacent to an activating group) is 1. The molecule has 1 fully saturated rings. The molecule has 1 heterocycles. The first-order valence-corrected chi connectivity index (χ1v) is 14.3. The molecule has 0 saturated carbocycles. The summed E-state index contributed by atoms with van der Waals surface area (Å²) in [5, 5.41) is 16.9. The van der Waals surface area contributed by atoms with Gasteiger partial charge >= 0.3 is 0 Å². The topological polar surface area (TPSA) is 125 Å². The highest BCUT2D eigenvalue weighted by Gasteiger charge is 2.36. The quantitative estimate of drug-likeness (QED) is 0.227. The van der Waals surface area contributed by atoms with Crippen LogP contribution in [0.1, 0.15) is 73.3 Å². The van der Waals surface area contributed by atoms with Gasteiger partial charge in [-0.2, -0.15) is 0 Å². The third-order valence-corrected chi connectivity index (χ3v) is 7.57. The minimum atomic E-state index is -0.689. The van der Waals surface area contributed by atoms with Gasteiger partial charge in [0.05, 0.1) is 17.0 Å². The Kier molecular flexibility index (Phi) is 12.3. The first kappa shape index (κ1) is 32.9. The lowest BCUT2D eigenvalue weighted by Gasteiger charge is -2.39. The molecule has 10 nitrogen and oxygen atoms in total. The molecule has 1 aliphatic rings. The minimum absolute atomic E-state index is 0.00626. The number of likely N-dealkylation sites (tertiary alicyclic amines) is 1. The molecule has 0 aliphatic carbocycles. The van der Waals surface area contributed by atoms with Gasteiger partial charge in [-0.15, -0.1) is 0 Å². The maximum atomic E-state index is 13.7. The lowest BCUT2D eigenvalue weighted by molar-refractivity contribution is -0.384. The number of benzene rings is 1. The molecule has 1 aromatic rings. The largest absolute Gasteiger partial charge is 0.348 e. The third-order valence-electron chi connectivity index (χ3n) is 7.57. The highest BCUT2D eigenvalue weighted by molar-refractivity contribution is 5.93. The highest BCUT2D eigenvalue weighted by Crippen LogP contribution is 2.21. The van der Waals surface area contributed by atoms with Crippen molar-refractivity contribution in [1.82, 2.24) is 20.4 Å². The number of nitro groups is 1. The van der Waals surface area contributed by atoms with E-state index >= 15 is 0 Å². The lowest BCUT2D eigenvalue weighted by atomic mass is 9.95. The number of nitro benzene ring substituents is 1. The molecule has 1 aromatic carbocycles. The van der Waals surface area contributed by atoms with E-state index in [0.717, 1.165) is 25.8 Å². The van der Waals surface area contributed by atoms with Gasteiger partial charge in [0, 0.05) is 37.3 Å². The summed E-state index contributed by atoms with van der Waals surface area (Å²) in [5.74, 6) is -0.743. The Hall–Kier alpha value is -3.27. The van der Waals surface area contributed by atoms with Crippen LogP contribution in [-0.2, 0) is 20.9 Å². The van der Waals surface area contributed by atoms with Crippen LogP contribution < -0.4 is 10.6 Å². The predicted octanol–water partition coefficient (Wildman–Crippen LogP) is 4.04. The third kappa shape index (κ3) is 8.87. The number of rotatable bonds is 12. The number of non-ortho nitro benzene ring substituents is 1. The molecule has 0 spiro atoms. The Morgan fingerprint density at radius 2 is 1.80 bits per heavy atom. The monoisotopic (exact) mass is 557 g/mol. The van der Waals surface area contributed by atoms with Crippen LogP contribution in [0.2, 0.25) is 0 Å². The molecule has 10 heteroatoms. The number of amides is 3. The second-order valence-corrected chi connectivity index (χ2v) is 11.7. The molecule has 0 unspecified atom stereocenters. The Morgan fingerprint density at radius 3 is 2.38 bits per heavy atom. The number of hydrogen-bond donors (Lipinski definition) is 2. The van der Waals surface area contributed by atoms with E-state index in [1.807, 2.05) is 27.7 Å². The van der Waals surface area contributed by atoms with Gasteiger partial charge in [-0.3, -0.25) is 29.4 Å². The SMILES string of the molecule is C/C(=C\[C@H](C(C)C)N(C)C(=O)[C@@H](NC(=O)[C@H]1CCCCN1C(C)C)C(C)C)C(=O)NCc1cccc([N+](=O)[O-])c1. The molecule has 2 N–H and O–H groups in total. The van der Waals surface area contributed by atoms with Crippen LogP contribution in [0.25, 0.3) is 0 Å². The lowest BCUT2D eigenvalue weighted by Crippen LogP contribution is -2.58. The number of nitrogens with zero attached hydrogens (tertiary/aromatic N) is 3. The maximum Gasteiger partial charge on any atom is 0.269 e. The standard InChI is InChI=1S/C30H47N5O5/c1-19(2)26(16-22(7)28(36)31-18-23-12-11-13-24(17-23)35(39)40)33(8)30(38)27(20(3)4)32-29(37)25-14-9-10-15-34(25)21(5)6/h11-13,16-17,19-21,25-27H,9-10,14-15,18H2,1-8H3,(H,31,36)(H,32,37)/b22-16+/t25-,26-,27+/m1/s1. The van der Waals surface area contributed by atoms with Crippen molar-refractivity contribution < 1.29 is 19.3 Å². The van der Waals surface area contributed by atoms with Gasteiger partial charge in [0.15, 0.2) is 0 Å². The molecular weight excluding hydrogens is 510 g/mol. The number of carbonyl (C=O) groups excluding carboxylic acids is 3. The van der Waals surface area contributed by atoms with Crippen molar-refractivity contribution in [2.24, 2.45) is 11.8 Å². The fraction of sp³-hybridized carbons (Fsp3) is 0.633. The van der Waals surface area contributed by atoms with E-state index in [2.05, 4.69) is 29.4 Å². The van der Waals surface area contributed by atoms with Crippen molar-refractivity contribution in [2.45, 2.75) is 98.4 Å². The normalized spacial score (nSPS) is 18.0. The van der Waals surface area contributed by atoms with Gasteiger partial charge in [-0.05, 0) is 57.6 Å². The average molecular weight is 558 g/mol. The Morgan fingerprint density at radius 1 is 1.12 bits per heavy atom. The number of nitrogens with one attached hydrogen (secondary N) is 2. The number of hydrogen-bond acceptors (Lipinski definition) is 6. The van der Waals surface area contributed by atoms with Crippen LogP contribution >= 0.6 is 0 Å². The van der Waals surface area contributed by atoms with E-state index in [4.69, 9.17) is 0 Å². The predicted molar refractivity (Wildman–Crippen MR) is 156 cm³/mol. The highest BCUT2D eigenvalue weighted by atomic mass is 16.6. The van der Waals surface area contributed by atoms with Crippen molar-refractivity contribution in [3.8, 4) is 0 Å². The van der Waals surface area contributed by atoms with Crippen molar-refractivity contribution in [1.29, 1.82) is 0 Å². The summed E-state index contributed by atoms with van der Waals surface area (Å²) in [5.41, 5.74) is 1.02. The molecule has 1 saturated heterocycles. The second kappa shape index (κ2) is 14.9. The van der Waals surface area contributed by atoms with Crippen LogP contribution in [0, 0.1) is 22.0 Å². The summed E-state index contributed by atoms with van der Waals surface area (Å²) < 4.78 is 0. The van der Waals surface area contributed by atoms with Crippen molar-refractivity contribution in [3.63, 3.8) is 0 Å². The zero-order chi connectivity index (χ0) is 30.1. The summed E-state index contributed by atoms with van der Waals surface area (Å²) in [6, 6.07) is 5.05. The van der Waals surface area contributed by atoms with Gasteiger partial charge in [0.1, 0.15) is 6.04 Å². The van der Waals surface area contributed by atoms with Crippen LogP contribution in [0.4, 0.5) is 5.69 Å². The summed E-state index contributed by atoms with van der Waals surface area (Å²) in [6.07, 6.45) is 4.61. The Labute approximate surface area is 238 Å². The van der Waals surface area contributed by atoms with Gasteiger partial charge in [0.25, 0.3) is 5.69 Å². The van der Waals surface area contributed by atoms with E-state index in [9.17, 15) is 24.5 Å². The molecule has 40 heavy (non-hydrogen) atoms. The number of carbonyl (C=O) groups is 3. The minimum Gasteiger partial charge on any atom is -0.348 e. The van der Waals surface area contributed by atoms with Gasteiger partial charge < -0.3 is 15.5 Å². The molecule has 2 rings (SSSR count). The Balaban J connectivity index is 2.14. The molecule has 0 bridgehead atoms. The van der Waals surface area contributed by atoms with Gasteiger partial charge in [-0.25, -0.2) is 0 Å². The maximum absolute atomic E-state index is 13.7. The molecule has 0 radical (unpaired) electrons. The van der Waals surface area contributed by atoms with E-state index in [1.54, 1.807) is 37.1 Å². The van der Waals surface area contributed by atoms with Crippen molar-refractivity contribution >= 4 is 23.4 Å². The number of piperidine rings is 1. The van der Waals surface area contributed by atoms with Gasteiger partial charge in [0.2, 0.25) is 17.7 Å². The summed E-state index contributed by atoms with van der Waals surface area (Å²) in [7, 11) is 1.71. The second-order valence-electron chi connectivity index (χ2n) is 11.7. The van der Waals surface area contributed by atoms with E-state index in [1.165, 1.54) is 12.1 Å². The van der Waals surface area contributed by atoms with E-state index < -0.39 is 11.0 Å². The molecule has 0 aromatic heterocycles. The zero-order valence-corrected chi connectivity index (χ0v) is 25.3. The van der Waals surface area contributed by atoms with E-state index in [0.29, 0.717) is 11.1 Å². The van der Waals surface area contributed by atoms with Crippen molar-refractivity contribution in [2.75, 3.05) is 13.6 Å². The van der Waals surface area contributed by atoms with Crippen LogP contribution in [-0.4, -0.2) is 70.2 Å². The summed E-state index contributed by atoms with van der Waals surface area (Å²) in [4.78, 5) is 54.3. The first-order chi connectivity index (χ1) is 18.7. The van der Waals surface area contributed by atoms with E-state index in [-0.39, 0.29) is 59.9 Å².